The van der Waals surface area contributed by atoms with Crippen molar-refractivity contribution in [3.8, 4) is 5.75 Å². The predicted molar refractivity (Wildman–Crippen MR) is 147 cm³/mol. The second-order valence-corrected chi connectivity index (χ2v) is 12.0. The van der Waals surface area contributed by atoms with Crippen LogP contribution in [0, 0.1) is 0 Å². The molecule has 0 aromatic heterocycles. The Balaban J connectivity index is 1.88. The molecule has 2 aromatic rings. The standard InChI is InChI=1S/C26H33Cl2N3O5S/c1-18(26(33)29-20-7-5-4-6-8-20)30(16-19-9-14-23(27)24(28)15-19)25(32)17-31(37(3,34)35)21-10-12-22(36-2)13-11-21/h9-15,18,20H,4-8,16-17H2,1-3H3,(H,29,33)/t18-/m1/s1. The highest BCUT2D eigenvalue weighted by Gasteiger charge is 2.31. The fourth-order valence-electron chi connectivity index (χ4n) is 4.35. The Kier molecular flexibility index (Phi) is 10.1. The van der Waals surface area contributed by atoms with Crippen molar-refractivity contribution >= 4 is 50.7 Å². The van der Waals surface area contributed by atoms with Gasteiger partial charge in [0.1, 0.15) is 18.3 Å². The molecule has 1 N–H and O–H groups in total. The van der Waals surface area contributed by atoms with Crippen LogP contribution in [-0.4, -0.2) is 57.1 Å². The minimum absolute atomic E-state index is 0.0508. The quantitative estimate of drug-likeness (QED) is 0.449. The Morgan fingerprint density at radius 1 is 1.05 bits per heavy atom. The fraction of sp³-hybridized carbons (Fsp3) is 0.462. The van der Waals surface area contributed by atoms with Gasteiger partial charge in [0, 0.05) is 12.6 Å². The molecule has 1 aliphatic rings. The Morgan fingerprint density at radius 2 is 1.70 bits per heavy atom. The molecule has 0 unspecified atom stereocenters. The number of methoxy groups -OCH3 is 1. The first kappa shape index (κ1) is 29.1. The van der Waals surface area contributed by atoms with Crippen LogP contribution in [0.2, 0.25) is 10.0 Å². The first-order valence-corrected chi connectivity index (χ1v) is 14.8. The maximum atomic E-state index is 13.6. The summed E-state index contributed by atoms with van der Waals surface area (Å²) in [6, 6.07) is 10.6. The minimum Gasteiger partial charge on any atom is -0.497 e. The van der Waals surface area contributed by atoms with Crippen LogP contribution >= 0.6 is 23.2 Å². The topological polar surface area (TPSA) is 96.0 Å². The van der Waals surface area contributed by atoms with Crippen LogP contribution in [0.25, 0.3) is 0 Å². The van der Waals surface area contributed by atoms with Crippen molar-refractivity contribution in [3.63, 3.8) is 0 Å². The lowest BCUT2D eigenvalue weighted by Gasteiger charge is -2.33. The van der Waals surface area contributed by atoms with Crippen LogP contribution in [0.1, 0.15) is 44.6 Å². The second-order valence-electron chi connectivity index (χ2n) is 9.26. The van der Waals surface area contributed by atoms with E-state index in [-0.39, 0.29) is 18.5 Å². The highest BCUT2D eigenvalue weighted by atomic mass is 35.5. The molecule has 2 amide bonds. The Hall–Kier alpha value is -2.49. The summed E-state index contributed by atoms with van der Waals surface area (Å²) in [5.41, 5.74) is 0.973. The number of nitrogens with zero attached hydrogens (tertiary/aromatic N) is 2. The molecule has 1 atom stereocenters. The van der Waals surface area contributed by atoms with Gasteiger partial charge in [-0.25, -0.2) is 8.42 Å². The molecular weight excluding hydrogens is 537 g/mol. The molecule has 37 heavy (non-hydrogen) atoms. The van der Waals surface area contributed by atoms with Gasteiger partial charge in [-0.1, -0.05) is 48.5 Å². The van der Waals surface area contributed by atoms with Crippen LogP contribution < -0.4 is 14.4 Å². The molecule has 0 spiro atoms. The van der Waals surface area contributed by atoms with Gasteiger partial charge in [0.2, 0.25) is 21.8 Å². The summed E-state index contributed by atoms with van der Waals surface area (Å²) in [7, 11) is -2.31. The van der Waals surface area contributed by atoms with E-state index in [0.717, 1.165) is 42.7 Å². The average Bonchev–Trinajstić information content (AvgIpc) is 2.87. The molecular formula is C26H33Cl2N3O5S. The largest absolute Gasteiger partial charge is 0.497 e. The smallest absolute Gasteiger partial charge is 0.244 e. The zero-order chi connectivity index (χ0) is 27.2. The van der Waals surface area contributed by atoms with Gasteiger partial charge in [0.15, 0.2) is 0 Å². The number of carbonyl (C=O) groups excluding carboxylic acids is 2. The minimum atomic E-state index is -3.81. The Bertz CT molecular complexity index is 1200. The molecule has 202 valence electrons. The van der Waals surface area contributed by atoms with E-state index < -0.39 is 28.5 Å². The normalized spacial score (nSPS) is 15.1. The van der Waals surface area contributed by atoms with Crippen molar-refractivity contribution in [3.05, 3.63) is 58.1 Å². The molecule has 11 heteroatoms. The van der Waals surface area contributed by atoms with E-state index in [1.54, 1.807) is 49.4 Å². The van der Waals surface area contributed by atoms with E-state index in [4.69, 9.17) is 27.9 Å². The van der Waals surface area contributed by atoms with E-state index in [0.29, 0.717) is 27.0 Å². The van der Waals surface area contributed by atoms with Gasteiger partial charge in [-0.05, 0) is 61.7 Å². The fourth-order valence-corrected chi connectivity index (χ4v) is 5.52. The molecule has 1 saturated carbocycles. The average molecular weight is 571 g/mol. The molecule has 0 heterocycles. The lowest BCUT2D eigenvalue weighted by molar-refractivity contribution is -0.139. The molecule has 1 aliphatic carbocycles. The monoisotopic (exact) mass is 569 g/mol. The zero-order valence-corrected chi connectivity index (χ0v) is 23.6. The van der Waals surface area contributed by atoms with Crippen molar-refractivity contribution in [1.29, 1.82) is 0 Å². The Labute approximate surface area is 228 Å². The van der Waals surface area contributed by atoms with E-state index in [1.165, 1.54) is 12.0 Å². The lowest BCUT2D eigenvalue weighted by atomic mass is 9.95. The number of carbonyl (C=O) groups is 2. The van der Waals surface area contributed by atoms with Gasteiger partial charge in [0.05, 0.1) is 29.1 Å². The van der Waals surface area contributed by atoms with Gasteiger partial charge < -0.3 is 15.0 Å². The summed E-state index contributed by atoms with van der Waals surface area (Å²) < 4.78 is 31.5. The Morgan fingerprint density at radius 3 is 2.27 bits per heavy atom. The summed E-state index contributed by atoms with van der Waals surface area (Å²) >= 11 is 12.2. The van der Waals surface area contributed by atoms with Crippen LogP contribution in [0.5, 0.6) is 5.75 Å². The summed E-state index contributed by atoms with van der Waals surface area (Å²) in [5.74, 6) is -0.257. The van der Waals surface area contributed by atoms with Crippen LogP contribution in [0.15, 0.2) is 42.5 Å². The van der Waals surface area contributed by atoms with Crippen LogP contribution in [0.3, 0.4) is 0 Å². The number of anilines is 1. The molecule has 0 bridgehead atoms. The SMILES string of the molecule is COc1ccc(N(CC(=O)N(Cc2ccc(Cl)c(Cl)c2)[C@H](C)C(=O)NC2CCCCC2)S(C)(=O)=O)cc1. The molecule has 1 fully saturated rings. The predicted octanol–water partition coefficient (Wildman–Crippen LogP) is 4.63. The highest BCUT2D eigenvalue weighted by molar-refractivity contribution is 7.92. The zero-order valence-electron chi connectivity index (χ0n) is 21.2. The molecule has 0 saturated heterocycles. The van der Waals surface area contributed by atoms with E-state index in [2.05, 4.69) is 5.32 Å². The number of sulfonamides is 1. The molecule has 8 nitrogen and oxygen atoms in total. The first-order valence-electron chi connectivity index (χ1n) is 12.1. The van der Waals surface area contributed by atoms with Crippen molar-refractivity contribution in [2.45, 2.75) is 57.7 Å². The third kappa shape index (κ3) is 7.99. The van der Waals surface area contributed by atoms with Crippen molar-refractivity contribution in [2.24, 2.45) is 0 Å². The van der Waals surface area contributed by atoms with Crippen LogP contribution in [-0.2, 0) is 26.2 Å². The van der Waals surface area contributed by atoms with Gasteiger partial charge >= 0.3 is 0 Å². The van der Waals surface area contributed by atoms with Gasteiger partial charge in [-0.3, -0.25) is 13.9 Å². The first-order chi connectivity index (χ1) is 17.5. The third-order valence-corrected chi connectivity index (χ3v) is 8.37. The maximum absolute atomic E-state index is 13.6. The summed E-state index contributed by atoms with van der Waals surface area (Å²) in [4.78, 5) is 28.2. The molecule has 3 rings (SSSR count). The van der Waals surface area contributed by atoms with Crippen molar-refractivity contribution in [2.75, 3.05) is 24.2 Å². The number of ether oxygens (including phenoxy) is 1. The summed E-state index contributed by atoms with van der Waals surface area (Å²) in [6.07, 6.45) is 6.09. The van der Waals surface area contributed by atoms with Crippen LogP contribution in [0.4, 0.5) is 5.69 Å². The van der Waals surface area contributed by atoms with Crippen molar-refractivity contribution < 1.29 is 22.7 Å². The van der Waals surface area contributed by atoms with E-state index in [9.17, 15) is 18.0 Å². The molecule has 0 aliphatic heterocycles. The van der Waals surface area contributed by atoms with Crippen molar-refractivity contribution in [1.82, 2.24) is 10.2 Å². The van der Waals surface area contributed by atoms with Gasteiger partial charge in [-0.15, -0.1) is 0 Å². The molecule has 0 radical (unpaired) electrons. The number of hydrogen-bond acceptors (Lipinski definition) is 5. The summed E-state index contributed by atoms with van der Waals surface area (Å²) in [5, 5.41) is 3.75. The summed E-state index contributed by atoms with van der Waals surface area (Å²) in [6.45, 7) is 1.22. The number of hydrogen-bond donors (Lipinski definition) is 1. The van der Waals surface area contributed by atoms with Gasteiger partial charge in [0.25, 0.3) is 0 Å². The number of rotatable bonds is 10. The lowest BCUT2D eigenvalue weighted by Crippen LogP contribution is -2.52. The number of halogens is 2. The van der Waals surface area contributed by atoms with Gasteiger partial charge in [-0.2, -0.15) is 0 Å². The number of amides is 2. The maximum Gasteiger partial charge on any atom is 0.244 e. The third-order valence-electron chi connectivity index (χ3n) is 6.50. The number of nitrogens with one attached hydrogen (secondary N) is 1. The number of benzene rings is 2. The second kappa shape index (κ2) is 12.8. The highest BCUT2D eigenvalue weighted by Crippen LogP contribution is 2.25. The van der Waals surface area contributed by atoms with E-state index in [1.807, 2.05) is 0 Å². The van der Waals surface area contributed by atoms with E-state index >= 15 is 0 Å². The molecule has 2 aromatic carbocycles.